The van der Waals surface area contributed by atoms with E-state index in [-0.39, 0.29) is 11.3 Å². The van der Waals surface area contributed by atoms with Crippen LogP contribution in [0.25, 0.3) is 5.76 Å². The summed E-state index contributed by atoms with van der Waals surface area (Å²) in [6, 6.07) is 15.7. The maximum absolute atomic E-state index is 13.5. The number of Topliss-reactive ketones (excluding diaryl/α,β-unsaturated/α-hetero) is 1. The number of aryl methyl sites for hydroxylation is 3. The zero-order valence-corrected chi connectivity index (χ0v) is 21.3. The highest BCUT2D eigenvalue weighted by atomic mass is 16.6. The van der Waals surface area contributed by atoms with Crippen LogP contribution in [-0.2, 0) is 16.0 Å². The fraction of sp³-hybridized carbons (Fsp3) is 0.267. The van der Waals surface area contributed by atoms with Crippen LogP contribution < -0.4 is 19.1 Å². The van der Waals surface area contributed by atoms with E-state index < -0.39 is 17.7 Å². The average molecular weight is 500 g/mol. The number of anilines is 1. The lowest BCUT2D eigenvalue weighted by molar-refractivity contribution is -0.132. The quantitative estimate of drug-likeness (QED) is 0.292. The van der Waals surface area contributed by atoms with Crippen molar-refractivity contribution in [3.8, 4) is 17.2 Å². The molecule has 0 aromatic heterocycles. The van der Waals surface area contributed by atoms with Gasteiger partial charge in [-0.2, -0.15) is 0 Å². The number of hydrogen-bond donors (Lipinski definition) is 1. The molecule has 1 N–H and O–H groups in total. The molecule has 1 amide bonds. The lowest BCUT2D eigenvalue weighted by Crippen LogP contribution is -2.29. The van der Waals surface area contributed by atoms with E-state index in [1.807, 2.05) is 44.2 Å². The first kappa shape index (κ1) is 24.4. The third kappa shape index (κ3) is 4.20. The number of amides is 1. The highest BCUT2D eigenvalue weighted by molar-refractivity contribution is 6.51. The Balaban J connectivity index is 1.71. The van der Waals surface area contributed by atoms with E-state index in [4.69, 9.17) is 14.2 Å². The molecule has 37 heavy (non-hydrogen) atoms. The molecule has 2 aliphatic rings. The summed E-state index contributed by atoms with van der Waals surface area (Å²) in [6.45, 7) is 6.60. The largest absolute Gasteiger partial charge is 0.507 e. The molecule has 1 unspecified atom stereocenters. The lowest BCUT2D eigenvalue weighted by Gasteiger charge is -2.27. The molecule has 0 bridgehead atoms. The number of ether oxygens (including phenoxy) is 3. The van der Waals surface area contributed by atoms with E-state index in [2.05, 4.69) is 6.92 Å². The van der Waals surface area contributed by atoms with Crippen molar-refractivity contribution in [3.05, 3.63) is 88.0 Å². The third-order valence-electron chi connectivity index (χ3n) is 6.95. The number of benzene rings is 3. The number of hydrogen-bond acceptors (Lipinski definition) is 6. The molecule has 3 aromatic rings. The monoisotopic (exact) mass is 499 g/mol. The molecule has 0 radical (unpaired) electrons. The van der Waals surface area contributed by atoms with Gasteiger partial charge >= 0.3 is 0 Å². The molecular weight excluding hydrogens is 470 g/mol. The molecule has 3 aromatic carbocycles. The van der Waals surface area contributed by atoms with Gasteiger partial charge in [-0.3, -0.25) is 14.5 Å². The molecular formula is C30H29NO6. The fourth-order valence-electron chi connectivity index (χ4n) is 4.94. The molecule has 5 rings (SSSR count). The molecule has 7 heteroatoms. The van der Waals surface area contributed by atoms with Gasteiger partial charge in [-0.05, 0) is 66.8 Å². The van der Waals surface area contributed by atoms with E-state index in [9.17, 15) is 14.7 Å². The third-order valence-corrected chi connectivity index (χ3v) is 6.95. The van der Waals surface area contributed by atoms with Crippen LogP contribution in [0.5, 0.6) is 17.2 Å². The zero-order valence-electron chi connectivity index (χ0n) is 21.3. The van der Waals surface area contributed by atoms with Gasteiger partial charge in [-0.25, -0.2) is 0 Å². The SMILES string of the molecule is CCc1ccc(C2/C(=C(\O)c3cc(C)c(OC)cc3C)C(=O)C(=O)N2c2ccc3c(c2)OCCO3)cc1. The van der Waals surface area contributed by atoms with E-state index >= 15 is 0 Å². The molecule has 2 aliphatic heterocycles. The Hall–Kier alpha value is -4.26. The van der Waals surface area contributed by atoms with Gasteiger partial charge in [0.05, 0.1) is 18.7 Å². The number of nitrogens with zero attached hydrogens (tertiary/aromatic N) is 1. The van der Waals surface area contributed by atoms with Crippen LogP contribution in [0.2, 0.25) is 0 Å². The molecule has 2 heterocycles. The Morgan fingerprint density at radius 1 is 0.973 bits per heavy atom. The summed E-state index contributed by atoms with van der Waals surface area (Å²) in [5.74, 6) is 0.0892. The Labute approximate surface area is 215 Å². The Bertz CT molecular complexity index is 1420. The highest BCUT2D eigenvalue weighted by Crippen LogP contribution is 2.45. The first-order valence-electron chi connectivity index (χ1n) is 12.3. The minimum atomic E-state index is -0.824. The normalized spacial score (nSPS) is 18.3. The van der Waals surface area contributed by atoms with Gasteiger partial charge in [-0.1, -0.05) is 31.2 Å². The van der Waals surface area contributed by atoms with E-state index in [0.29, 0.717) is 41.7 Å². The molecule has 0 spiro atoms. The molecule has 0 aliphatic carbocycles. The number of aliphatic hydroxyl groups excluding tert-OH is 1. The van der Waals surface area contributed by atoms with Crippen molar-refractivity contribution in [3.63, 3.8) is 0 Å². The first-order valence-corrected chi connectivity index (χ1v) is 12.3. The smallest absolute Gasteiger partial charge is 0.300 e. The van der Waals surface area contributed by atoms with Gasteiger partial charge in [0.25, 0.3) is 11.7 Å². The van der Waals surface area contributed by atoms with Crippen molar-refractivity contribution in [2.24, 2.45) is 0 Å². The molecule has 190 valence electrons. The number of ketones is 1. The van der Waals surface area contributed by atoms with Crippen LogP contribution >= 0.6 is 0 Å². The van der Waals surface area contributed by atoms with Gasteiger partial charge in [0, 0.05) is 17.3 Å². The molecule has 0 saturated carbocycles. The lowest BCUT2D eigenvalue weighted by atomic mass is 9.92. The van der Waals surface area contributed by atoms with Gasteiger partial charge in [0.15, 0.2) is 11.5 Å². The minimum absolute atomic E-state index is 0.0387. The van der Waals surface area contributed by atoms with Crippen LogP contribution in [0.3, 0.4) is 0 Å². The summed E-state index contributed by atoms with van der Waals surface area (Å²) in [5.41, 5.74) is 4.38. The molecule has 1 saturated heterocycles. The topological polar surface area (TPSA) is 85.3 Å². The van der Waals surface area contributed by atoms with E-state index in [0.717, 1.165) is 28.7 Å². The number of methoxy groups -OCH3 is 1. The second kappa shape index (κ2) is 9.65. The van der Waals surface area contributed by atoms with Gasteiger partial charge < -0.3 is 19.3 Å². The summed E-state index contributed by atoms with van der Waals surface area (Å²) in [7, 11) is 1.58. The fourth-order valence-corrected chi connectivity index (χ4v) is 4.94. The van der Waals surface area contributed by atoms with Crippen LogP contribution in [0, 0.1) is 13.8 Å². The second-order valence-corrected chi connectivity index (χ2v) is 9.23. The predicted molar refractivity (Wildman–Crippen MR) is 141 cm³/mol. The number of aliphatic hydroxyl groups is 1. The van der Waals surface area contributed by atoms with Gasteiger partial charge in [-0.15, -0.1) is 0 Å². The van der Waals surface area contributed by atoms with Crippen LogP contribution in [0.15, 0.2) is 60.2 Å². The number of rotatable bonds is 5. The maximum Gasteiger partial charge on any atom is 0.300 e. The first-order chi connectivity index (χ1) is 17.8. The van der Waals surface area contributed by atoms with Crippen molar-refractivity contribution in [1.29, 1.82) is 0 Å². The van der Waals surface area contributed by atoms with Crippen LogP contribution in [0.4, 0.5) is 5.69 Å². The summed E-state index contributed by atoms with van der Waals surface area (Å²) in [6.07, 6.45) is 0.854. The van der Waals surface area contributed by atoms with Crippen molar-refractivity contribution in [2.45, 2.75) is 33.2 Å². The van der Waals surface area contributed by atoms with E-state index in [1.165, 1.54) is 4.90 Å². The molecule has 1 fully saturated rings. The standard InChI is InChI=1S/C30H29NO6/c1-5-19-6-8-20(9-7-19)27-26(28(32)22-14-18(3)24(35-4)15-17(22)2)29(33)30(34)31(27)21-10-11-23-25(16-21)37-13-12-36-23/h6-11,14-16,27,32H,5,12-13H2,1-4H3/b28-26+. The summed E-state index contributed by atoms with van der Waals surface area (Å²) >= 11 is 0. The predicted octanol–water partition coefficient (Wildman–Crippen LogP) is 5.27. The zero-order chi connectivity index (χ0) is 26.3. The average Bonchev–Trinajstić information content (AvgIpc) is 3.19. The number of carbonyl (C=O) groups is 2. The van der Waals surface area contributed by atoms with E-state index in [1.54, 1.807) is 31.4 Å². The summed E-state index contributed by atoms with van der Waals surface area (Å²) in [4.78, 5) is 28.5. The van der Waals surface area contributed by atoms with Gasteiger partial charge in [0.1, 0.15) is 24.7 Å². The molecule has 7 nitrogen and oxygen atoms in total. The van der Waals surface area contributed by atoms with Crippen LogP contribution in [-0.4, -0.2) is 37.1 Å². The second-order valence-electron chi connectivity index (χ2n) is 9.23. The Kier molecular flexibility index (Phi) is 6.38. The summed E-state index contributed by atoms with van der Waals surface area (Å²) in [5, 5.41) is 11.6. The van der Waals surface area contributed by atoms with Crippen molar-refractivity contribution in [1.82, 2.24) is 0 Å². The minimum Gasteiger partial charge on any atom is -0.507 e. The number of fused-ring (bicyclic) bond motifs is 1. The van der Waals surface area contributed by atoms with Crippen molar-refractivity contribution in [2.75, 3.05) is 25.2 Å². The maximum atomic E-state index is 13.5. The Morgan fingerprint density at radius 2 is 1.68 bits per heavy atom. The van der Waals surface area contributed by atoms with Crippen LogP contribution in [0.1, 0.15) is 40.8 Å². The highest BCUT2D eigenvalue weighted by Gasteiger charge is 2.47. The summed E-state index contributed by atoms with van der Waals surface area (Å²) < 4.78 is 16.8. The Morgan fingerprint density at radius 3 is 2.35 bits per heavy atom. The van der Waals surface area contributed by atoms with Crippen molar-refractivity contribution >= 4 is 23.1 Å². The number of carbonyl (C=O) groups excluding carboxylic acids is 2. The molecule has 1 atom stereocenters. The van der Waals surface area contributed by atoms with Gasteiger partial charge in [0.2, 0.25) is 0 Å². The van der Waals surface area contributed by atoms with Crippen molar-refractivity contribution < 1.29 is 28.9 Å².